The van der Waals surface area contributed by atoms with Gasteiger partial charge in [-0.2, -0.15) is 0 Å². The Morgan fingerprint density at radius 3 is 2.74 bits per heavy atom. The van der Waals surface area contributed by atoms with E-state index in [1.807, 2.05) is 0 Å². The van der Waals surface area contributed by atoms with Crippen LogP contribution in [0, 0.1) is 18.8 Å². The summed E-state index contributed by atoms with van der Waals surface area (Å²) >= 11 is 0. The number of aryl methyl sites for hydroxylation is 2. The van der Waals surface area contributed by atoms with Crippen LogP contribution in [0.25, 0.3) is 10.9 Å². The van der Waals surface area contributed by atoms with Crippen LogP contribution in [0.3, 0.4) is 0 Å². The molecule has 0 aliphatic carbocycles. The van der Waals surface area contributed by atoms with Crippen LogP contribution in [0.5, 0.6) is 0 Å². The monoisotopic (exact) mass is 371 g/mol. The molecule has 0 unspecified atom stereocenters. The van der Waals surface area contributed by atoms with Gasteiger partial charge in [-0.05, 0) is 55.6 Å². The van der Waals surface area contributed by atoms with Crippen molar-refractivity contribution in [3.05, 3.63) is 35.4 Å². The summed E-state index contributed by atoms with van der Waals surface area (Å²) in [4.78, 5) is 9.58. The van der Waals surface area contributed by atoms with Gasteiger partial charge in [-0.15, -0.1) is 0 Å². The summed E-state index contributed by atoms with van der Waals surface area (Å²) in [5, 5.41) is 11.1. The molecule has 2 heterocycles. The molecular weight excluding hydrogens is 338 g/mol. The molecule has 1 aromatic heterocycles. The highest BCUT2D eigenvalue weighted by Gasteiger charge is 2.33. The Morgan fingerprint density at radius 1 is 1.26 bits per heavy atom. The minimum Gasteiger partial charge on any atom is -0.396 e. The van der Waals surface area contributed by atoms with Gasteiger partial charge in [0.25, 0.3) is 0 Å². The van der Waals surface area contributed by atoms with Crippen molar-refractivity contribution in [1.29, 1.82) is 0 Å². The van der Waals surface area contributed by atoms with E-state index in [1.165, 1.54) is 16.5 Å². The number of methoxy groups -OCH3 is 1. The van der Waals surface area contributed by atoms with Gasteiger partial charge in [-0.1, -0.05) is 13.0 Å². The molecule has 1 aliphatic rings. The molecule has 1 fully saturated rings. The van der Waals surface area contributed by atoms with Gasteiger partial charge >= 0.3 is 0 Å². The van der Waals surface area contributed by atoms with E-state index in [-0.39, 0.29) is 12.5 Å². The highest BCUT2D eigenvalue weighted by atomic mass is 16.5. The third-order valence-corrected chi connectivity index (χ3v) is 5.83. The maximum atomic E-state index is 9.88. The molecule has 2 aromatic rings. The van der Waals surface area contributed by atoms with E-state index in [1.54, 1.807) is 7.11 Å². The fourth-order valence-electron chi connectivity index (χ4n) is 4.08. The topological polar surface area (TPSA) is 48.8 Å². The van der Waals surface area contributed by atoms with Gasteiger partial charge in [0.05, 0.1) is 12.1 Å². The average Bonchev–Trinajstić information content (AvgIpc) is 3.08. The van der Waals surface area contributed by atoms with Crippen LogP contribution < -0.4 is 4.90 Å². The zero-order chi connectivity index (χ0) is 19.4. The Bertz CT molecular complexity index is 765. The third-order valence-electron chi connectivity index (χ3n) is 5.83. The first-order valence-electron chi connectivity index (χ1n) is 9.99. The molecule has 5 nitrogen and oxygen atoms in total. The average molecular weight is 372 g/mol. The molecule has 1 aliphatic heterocycles. The van der Waals surface area contributed by atoms with Gasteiger partial charge in [-0.3, -0.25) is 0 Å². The Hall–Kier alpha value is -1.69. The summed E-state index contributed by atoms with van der Waals surface area (Å²) in [6, 6.07) is 8.77. The van der Waals surface area contributed by atoms with Crippen LogP contribution in [0.2, 0.25) is 0 Å². The second kappa shape index (κ2) is 9.00. The second-order valence-corrected chi connectivity index (χ2v) is 7.87. The Kier molecular flexibility index (Phi) is 6.68. The zero-order valence-corrected chi connectivity index (χ0v) is 17.1. The lowest BCUT2D eigenvalue weighted by Gasteiger charge is -2.23. The summed E-state index contributed by atoms with van der Waals surface area (Å²) in [7, 11) is 3.86. The fourth-order valence-corrected chi connectivity index (χ4v) is 4.08. The van der Waals surface area contributed by atoms with Gasteiger partial charge < -0.3 is 19.6 Å². The Labute approximate surface area is 162 Å². The molecule has 3 rings (SSSR count). The van der Waals surface area contributed by atoms with Crippen LogP contribution in [0.1, 0.15) is 18.1 Å². The molecule has 1 N–H and O–H groups in total. The van der Waals surface area contributed by atoms with E-state index in [4.69, 9.17) is 9.72 Å². The molecule has 0 radical (unpaired) electrons. The van der Waals surface area contributed by atoms with E-state index < -0.39 is 0 Å². The number of nitrogens with zero attached hydrogens (tertiary/aromatic N) is 3. The Balaban J connectivity index is 1.78. The number of aliphatic hydroxyl groups excluding tert-OH is 1. The second-order valence-electron chi connectivity index (χ2n) is 7.87. The lowest BCUT2D eigenvalue weighted by molar-refractivity contribution is 0.136. The molecule has 1 aromatic carbocycles. The van der Waals surface area contributed by atoms with Crippen LogP contribution >= 0.6 is 0 Å². The lowest BCUT2D eigenvalue weighted by atomic mass is 9.96. The van der Waals surface area contributed by atoms with Crippen molar-refractivity contribution in [3.63, 3.8) is 0 Å². The van der Waals surface area contributed by atoms with E-state index in [9.17, 15) is 5.11 Å². The number of pyridine rings is 1. The number of rotatable bonds is 8. The molecule has 0 spiro atoms. The van der Waals surface area contributed by atoms with E-state index in [0.717, 1.165) is 50.5 Å². The highest BCUT2D eigenvalue weighted by Crippen LogP contribution is 2.30. The predicted molar refractivity (Wildman–Crippen MR) is 112 cm³/mol. The predicted octanol–water partition coefficient (Wildman–Crippen LogP) is 2.73. The van der Waals surface area contributed by atoms with Crippen molar-refractivity contribution >= 4 is 16.7 Å². The first-order valence-corrected chi connectivity index (χ1v) is 9.99. The number of aromatic nitrogens is 1. The standard InChI is InChI=1S/C22H33N3O2/c1-5-17-6-7-21-20(11-17)16(2)10-22(23-21)25-13-18(19(14-25)15-26)12-24(3)8-9-27-4/h6-7,10-11,18-19,26H,5,8-9,12-15H2,1-4H3/t18-,19-/m1/s1. The maximum Gasteiger partial charge on any atom is 0.129 e. The quantitative estimate of drug-likeness (QED) is 0.773. The molecule has 1 saturated heterocycles. The smallest absolute Gasteiger partial charge is 0.129 e. The summed E-state index contributed by atoms with van der Waals surface area (Å²) in [5.74, 6) is 1.76. The van der Waals surface area contributed by atoms with E-state index >= 15 is 0 Å². The van der Waals surface area contributed by atoms with Crippen LogP contribution in [-0.4, -0.2) is 68.5 Å². The number of hydrogen-bond donors (Lipinski definition) is 1. The van der Waals surface area contributed by atoms with Gasteiger partial charge in [-0.25, -0.2) is 4.98 Å². The molecule has 148 valence electrons. The number of benzene rings is 1. The molecule has 27 heavy (non-hydrogen) atoms. The van der Waals surface area contributed by atoms with Crippen LogP contribution in [0.4, 0.5) is 5.82 Å². The molecule has 0 bridgehead atoms. The normalized spacial score (nSPS) is 20.1. The van der Waals surface area contributed by atoms with Crippen molar-refractivity contribution in [2.45, 2.75) is 20.3 Å². The van der Waals surface area contributed by atoms with Gasteiger partial charge in [0.1, 0.15) is 5.82 Å². The Morgan fingerprint density at radius 2 is 2.04 bits per heavy atom. The summed E-state index contributed by atoms with van der Waals surface area (Å²) in [6.07, 6.45) is 1.04. The van der Waals surface area contributed by atoms with Gasteiger partial charge in [0, 0.05) is 51.2 Å². The molecular formula is C22H33N3O2. The molecule has 5 heteroatoms. The summed E-state index contributed by atoms with van der Waals surface area (Å²) in [5.41, 5.74) is 3.68. The van der Waals surface area contributed by atoms with Crippen molar-refractivity contribution in [2.75, 3.05) is 58.5 Å². The summed E-state index contributed by atoms with van der Waals surface area (Å²) < 4.78 is 5.18. The lowest BCUT2D eigenvalue weighted by Crippen LogP contribution is -2.33. The molecule has 0 saturated carbocycles. The fraction of sp³-hybridized carbons (Fsp3) is 0.591. The van der Waals surface area contributed by atoms with E-state index in [0.29, 0.717) is 5.92 Å². The van der Waals surface area contributed by atoms with E-state index in [2.05, 4.69) is 55.0 Å². The number of ether oxygens (including phenoxy) is 1. The number of hydrogen-bond acceptors (Lipinski definition) is 5. The molecule has 2 atom stereocenters. The minimum absolute atomic E-state index is 0.228. The van der Waals surface area contributed by atoms with Crippen LogP contribution in [-0.2, 0) is 11.2 Å². The number of anilines is 1. The highest BCUT2D eigenvalue weighted by molar-refractivity contribution is 5.84. The van der Waals surface area contributed by atoms with Crippen molar-refractivity contribution in [1.82, 2.24) is 9.88 Å². The SMILES string of the molecule is CCc1ccc2nc(N3C[C@@H](CN(C)CCOC)[C@@H](CO)C3)cc(C)c2c1. The number of fused-ring (bicyclic) bond motifs is 1. The first-order chi connectivity index (χ1) is 13.0. The number of aliphatic hydroxyl groups is 1. The van der Waals surface area contributed by atoms with Gasteiger partial charge in [0.2, 0.25) is 0 Å². The van der Waals surface area contributed by atoms with Crippen molar-refractivity contribution in [3.8, 4) is 0 Å². The van der Waals surface area contributed by atoms with Crippen molar-refractivity contribution in [2.24, 2.45) is 11.8 Å². The van der Waals surface area contributed by atoms with Crippen molar-refractivity contribution < 1.29 is 9.84 Å². The van der Waals surface area contributed by atoms with Gasteiger partial charge in [0.15, 0.2) is 0 Å². The molecule has 0 amide bonds. The van der Waals surface area contributed by atoms with Crippen LogP contribution in [0.15, 0.2) is 24.3 Å². The third kappa shape index (κ3) is 4.60. The number of likely N-dealkylation sites (N-methyl/N-ethyl adjacent to an activating group) is 1. The maximum absolute atomic E-state index is 9.88. The summed E-state index contributed by atoms with van der Waals surface area (Å²) in [6.45, 7) is 9.01. The first kappa shape index (κ1) is 20.1. The largest absolute Gasteiger partial charge is 0.396 e. The zero-order valence-electron chi connectivity index (χ0n) is 17.1. The minimum atomic E-state index is 0.228.